The summed E-state index contributed by atoms with van der Waals surface area (Å²) in [4.78, 5) is 12.1. The van der Waals surface area contributed by atoms with Gasteiger partial charge in [0.2, 0.25) is 0 Å². The van der Waals surface area contributed by atoms with Gasteiger partial charge in [-0.15, -0.1) is 0 Å². The van der Waals surface area contributed by atoms with Crippen molar-refractivity contribution >= 4 is 11.6 Å². The van der Waals surface area contributed by atoms with E-state index in [2.05, 4.69) is 10.1 Å². The Morgan fingerprint density at radius 2 is 1.95 bits per heavy atom. The summed E-state index contributed by atoms with van der Waals surface area (Å²) in [5.74, 6) is -0.803. The molecule has 0 aliphatic heterocycles. The molecule has 106 valence electrons. The molecule has 0 aliphatic rings. The number of halogens is 2. The monoisotopic (exact) mass is 288 g/mol. The van der Waals surface area contributed by atoms with Gasteiger partial charge in [-0.2, -0.15) is 14.0 Å². The van der Waals surface area contributed by atoms with Crippen molar-refractivity contribution < 1.29 is 18.3 Å². The second kappa shape index (κ2) is 6.48. The minimum Gasteiger partial charge on any atom is -0.434 e. The third kappa shape index (κ3) is 3.76. The SMILES string of the molecule is N#Cc1cccc(NC(=O)c2ccccc2OC(F)F)c1. The van der Waals surface area contributed by atoms with Crippen LogP contribution in [0.25, 0.3) is 0 Å². The lowest BCUT2D eigenvalue weighted by atomic mass is 10.1. The maximum atomic E-state index is 12.3. The Morgan fingerprint density at radius 1 is 1.19 bits per heavy atom. The van der Waals surface area contributed by atoms with Crippen molar-refractivity contribution in [3.63, 3.8) is 0 Å². The Hall–Kier alpha value is -2.94. The molecule has 2 rings (SSSR count). The number of nitrogens with one attached hydrogen (secondary N) is 1. The minimum atomic E-state index is -3.01. The van der Waals surface area contributed by atoms with E-state index in [-0.39, 0.29) is 11.3 Å². The van der Waals surface area contributed by atoms with E-state index in [4.69, 9.17) is 5.26 Å². The van der Waals surface area contributed by atoms with Crippen LogP contribution < -0.4 is 10.1 Å². The van der Waals surface area contributed by atoms with Crippen molar-refractivity contribution in [2.45, 2.75) is 6.61 Å². The number of alkyl halides is 2. The fraction of sp³-hybridized carbons (Fsp3) is 0.0667. The normalized spacial score (nSPS) is 10.0. The van der Waals surface area contributed by atoms with Gasteiger partial charge in [0.15, 0.2) is 0 Å². The molecule has 0 bridgehead atoms. The maximum Gasteiger partial charge on any atom is 0.387 e. The van der Waals surface area contributed by atoms with E-state index in [9.17, 15) is 13.6 Å². The molecule has 0 saturated heterocycles. The molecular weight excluding hydrogens is 278 g/mol. The van der Waals surface area contributed by atoms with Gasteiger partial charge in [-0.1, -0.05) is 18.2 Å². The number of anilines is 1. The van der Waals surface area contributed by atoms with Crippen molar-refractivity contribution in [1.29, 1.82) is 5.26 Å². The molecule has 1 amide bonds. The zero-order chi connectivity index (χ0) is 15.2. The van der Waals surface area contributed by atoms with Crippen LogP contribution in [0.3, 0.4) is 0 Å². The third-order valence-corrected chi connectivity index (χ3v) is 2.60. The van der Waals surface area contributed by atoms with E-state index in [0.717, 1.165) is 0 Å². The number of benzene rings is 2. The number of nitriles is 1. The highest BCUT2D eigenvalue weighted by Crippen LogP contribution is 2.21. The number of carbonyl (C=O) groups is 1. The average molecular weight is 288 g/mol. The Kier molecular flexibility index (Phi) is 4.46. The molecule has 0 saturated carbocycles. The van der Waals surface area contributed by atoms with Gasteiger partial charge in [0, 0.05) is 5.69 Å². The van der Waals surface area contributed by atoms with E-state index < -0.39 is 12.5 Å². The number of rotatable bonds is 4. The van der Waals surface area contributed by atoms with Crippen LogP contribution in [-0.2, 0) is 0 Å². The van der Waals surface area contributed by atoms with E-state index in [1.54, 1.807) is 24.3 Å². The molecule has 0 fully saturated rings. The number of carbonyl (C=O) groups excluding carboxylic acids is 1. The summed E-state index contributed by atoms with van der Waals surface area (Å²) in [5.41, 5.74) is 0.760. The van der Waals surface area contributed by atoms with Crippen LogP contribution in [0, 0.1) is 11.3 Å². The predicted molar refractivity (Wildman–Crippen MR) is 72.2 cm³/mol. The van der Waals surface area contributed by atoms with E-state index in [1.165, 1.54) is 24.3 Å². The highest BCUT2D eigenvalue weighted by Gasteiger charge is 2.15. The third-order valence-electron chi connectivity index (χ3n) is 2.60. The molecule has 0 spiro atoms. The van der Waals surface area contributed by atoms with Gasteiger partial charge >= 0.3 is 6.61 Å². The zero-order valence-corrected chi connectivity index (χ0v) is 10.7. The first-order chi connectivity index (χ1) is 10.1. The molecule has 0 unspecified atom stereocenters. The van der Waals surface area contributed by atoms with Gasteiger partial charge in [-0.3, -0.25) is 4.79 Å². The lowest BCUT2D eigenvalue weighted by Gasteiger charge is -2.10. The van der Waals surface area contributed by atoms with Crippen LogP contribution in [0.1, 0.15) is 15.9 Å². The van der Waals surface area contributed by atoms with Gasteiger partial charge in [0.05, 0.1) is 17.2 Å². The van der Waals surface area contributed by atoms with Crippen LogP contribution in [0.2, 0.25) is 0 Å². The second-order valence-electron chi connectivity index (χ2n) is 4.02. The molecule has 4 nitrogen and oxygen atoms in total. The Bertz CT molecular complexity index is 696. The topological polar surface area (TPSA) is 62.1 Å². The first-order valence-electron chi connectivity index (χ1n) is 5.95. The van der Waals surface area contributed by atoms with Crippen LogP contribution >= 0.6 is 0 Å². The van der Waals surface area contributed by atoms with E-state index >= 15 is 0 Å². The largest absolute Gasteiger partial charge is 0.434 e. The van der Waals surface area contributed by atoms with Crippen molar-refractivity contribution in [2.75, 3.05) is 5.32 Å². The second-order valence-corrected chi connectivity index (χ2v) is 4.02. The summed E-state index contributed by atoms with van der Waals surface area (Å²) in [7, 11) is 0. The van der Waals surface area contributed by atoms with Crippen LogP contribution in [0.15, 0.2) is 48.5 Å². The lowest BCUT2D eigenvalue weighted by Crippen LogP contribution is -2.15. The highest BCUT2D eigenvalue weighted by atomic mass is 19.3. The molecule has 0 aromatic heterocycles. The summed E-state index contributed by atoms with van der Waals surface area (Å²) >= 11 is 0. The fourth-order valence-corrected chi connectivity index (χ4v) is 1.72. The summed E-state index contributed by atoms with van der Waals surface area (Å²) in [5, 5.41) is 11.3. The van der Waals surface area contributed by atoms with E-state index in [1.807, 2.05) is 6.07 Å². The maximum absolute atomic E-state index is 12.3. The highest BCUT2D eigenvalue weighted by molar-refractivity contribution is 6.06. The Labute approximate surface area is 119 Å². The van der Waals surface area contributed by atoms with Crippen LogP contribution in [0.5, 0.6) is 5.75 Å². The van der Waals surface area contributed by atoms with E-state index in [0.29, 0.717) is 11.3 Å². The predicted octanol–water partition coefficient (Wildman–Crippen LogP) is 3.41. The number of ether oxygens (including phenoxy) is 1. The lowest BCUT2D eigenvalue weighted by molar-refractivity contribution is -0.0501. The molecular formula is C15H10F2N2O2. The standard InChI is InChI=1S/C15H10F2N2O2/c16-15(17)21-13-7-2-1-6-12(13)14(20)19-11-5-3-4-10(8-11)9-18/h1-8,15H,(H,19,20). The molecule has 2 aromatic rings. The molecule has 2 aromatic carbocycles. The van der Waals surface area contributed by atoms with Gasteiger partial charge in [-0.25, -0.2) is 0 Å². The first kappa shape index (κ1) is 14.5. The number of nitrogens with zero attached hydrogens (tertiary/aromatic N) is 1. The zero-order valence-electron chi connectivity index (χ0n) is 10.7. The molecule has 0 atom stereocenters. The number of amides is 1. The summed E-state index contributed by atoms with van der Waals surface area (Å²) in [6.45, 7) is -3.01. The summed E-state index contributed by atoms with van der Waals surface area (Å²) in [6.07, 6.45) is 0. The number of hydrogen-bond donors (Lipinski definition) is 1. The van der Waals surface area contributed by atoms with Crippen molar-refractivity contribution in [2.24, 2.45) is 0 Å². The van der Waals surface area contributed by atoms with Crippen molar-refractivity contribution in [3.8, 4) is 11.8 Å². The first-order valence-corrected chi connectivity index (χ1v) is 5.95. The minimum absolute atomic E-state index is 0.0137. The fourth-order valence-electron chi connectivity index (χ4n) is 1.72. The van der Waals surface area contributed by atoms with Crippen LogP contribution in [-0.4, -0.2) is 12.5 Å². The van der Waals surface area contributed by atoms with Gasteiger partial charge in [-0.05, 0) is 30.3 Å². The Balaban J connectivity index is 2.22. The average Bonchev–Trinajstić information content (AvgIpc) is 2.47. The smallest absolute Gasteiger partial charge is 0.387 e. The van der Waals surface area contributed by atoms with Gasteiger partial charge < -0.3 is 10.1 Å². The summed E-state index contributed by atoms with van der Waals surface area (Å²) in [6, 6.07) is 13.9. The van der Waals surface area contributed by atoms with Crippen molar-refractivity contribution in [3.05, 3.63) is 59.7 Å². The van der Waals surface area contributed by atoms with Crippen LogP contribution in [0.4, 0.5) is 14.5 Å². The molecule has 1 N–H and O–H groups in total. The number of hydrogen-bond acceptors (Lipinski definition) is 3. The Morgan fingerprint density at radius 3 is 2.67 bits per heavy atom. The quantitative estimate of drug-likeness (QED) is 0.937. The van der Waals surface area contributed by atoms with Gasteiger partial charge in [0.25, 0.3) is 5.91 Å². The number of para-hydroxylation sites is 1. The molecule has 6 heteroatoms. The summed E-state index contributed by atoms with van der Waals surface area (Å²) < 4.78 is 28.9. The van der Waals surface area contributed by atoms with Gasteiger partial charge in [0.1, 0.15) is 5.75 Å². The molecule has 21 heavy (non-hydrogen) atoms. The molecule has 0 aliphatic carbocycles. The molecule has 0 heterocycles. The van der Waals surface area contributed by atoms with Crippen molar-refractivity contribution in [1.82, 2.24) is 0 Å². The molecule has 0 radical (unpaired) electrons.